The predicted octanol–water partition coefficient (Wildman–Crippen LogP) is 2.75. The Bertz CT molecular complexity index is 118. The molecule has 0 heteroatoms. The lowest BCUT2D eigenvalue weighted by Crippen LogP contribution is -1.78. The third-order valence-corrected chi connectivity index (χ3v) is 1.86. The van der Waals surface area contributed by atoms with Gasteiger partial charge in [0.2, 0.25) is 0 Å². The number of hydrogen-bond acceptors (Lipinski definition) is 0. The van der Waals surface area contributed by atoms with Crippen LogP contribution in [0, 0.1) is 5.92 Å². The maximum atomic E-state index is 2.28. The molecule has 0 saturated heterocycles. The van der Waals surface area contributed by atoms with Crippen molar-refractivity contribution in [3.05, 3.63) is 11.1 Å². The largest absolute Gasteiger partial charge is 0.0666 e. The first-order valence-electron chi connectivity index (χ1n) is 3.46. The van der Waals surface area contributed by atoms with Gasteiger partial charge in [-0.25, -0.2) is 0 Å². The number of rotatable bonds is 2. The molecule has 0 N–H and O–H groups in total. The van der Waals surface area contributed by atoms with E-state index in [9.17, 15) is 0 Å². The summed E-state index contributed by atoms with van der Waals surface area (Å²) in [7, 11) is 0. The average Bonchev–Trinajstić information content (AvgIpc) is 2.42. The Hall–Kier alpha value is -0.260. The summed E-state index contributed by atoms with van der Waals surface area (Å²) in [6, 6.07) is 0. The van der Waals surface area contributed by atoms with Gasteiger partial charge in [0.05, 0.1) is 0 Å². The van der Waals surface area contributed by atoms with Crippen molar-refractivity contribution in [1.82, 2.24) is 0 Å². The highest BCUT2D eigenvalue weighted by Crippen LogP contribution is 2.38. The van der Waals surface area contributed by atoms with Gasteiger partial charge in [-0.1, -0.05) is 31.9 Å². The van der Waals surface area contributed by atoms with Crippen LogP contribution in [0.5, 0.6) is 0 Å². The number of hydrogen-bond donors (Lipinski definition) is 0. The summed E-state index contributed by atoms with van der Waals surface area (Å²) >= 11 is 0. The van der Waals surface area contributed by atoms with Crippen LogP contribution < -0.4 is 0 Å². The minimum absolute atomic E-state index is 0.824. The molecule has 0 radical (unpaired) electrons. The Morgan fingerprint density at radius 2 is 2.12 bits per heavy atom. The van der Waals surface area contributed by atoms with E-state index >= 15 is 0 Å². The fourth-order valence-electron chi connectivity index (χ4n) is 1.15. The Morgan fingerprint density at radius 1 is 1.50 bits per heavy atom. The third kappa shape index (κ3) is 0.936. The fourth-order valence-corrected chi connectivity index (χ4v) is 1.15. The monoisotopic (exact) mass is 110 g/mol. The molecule has 0 heterocycles. The zero-order valence-corrected chi connectivity index (χ0v) is 5.99. The van der Waals surface area contributed by atoms with Crippen molar-refractivity contribution in [2.24, 2.45) is 5.92 Å². The summed E-state index contributed by atoms with van der Waals surface area (Å²) < 4.78 is 0. The molecule has 1 aliphatic rings. The molecule has 0 amide bonds. The van der Waals surface area contributed by atoms with Crippen LogP contribution in [-0.4, -0.2) is 0 Å². The first-order valence-corrected chi connectivity index (χ1v) is 3.46. The van der Waals surface area contributed by atoms with E-state index in [1.54, 1.807) is 11.1 Å². The summed E-state index contributed by atoms with van der Waals surface area (Å²) in [4.78, 5) is 0. The second kappa shape index (κ2) is 1.93. The topological polar surface area (TPSA) is 0 Å². The molecule has 8 heavy (non-hydrogen) atoms. The second-order valence-corrected chi connectivity index (χ2v) is 2.81. The molecule has 0 saturated carbocycles. The van der Waals surface area contributed by atoms with E-state index in [1.807, 2.05) is 0 Å². The standard InChI is InChI=1S/C8H14/c1-4-7-5-8(7)6(2)3/h6H,4-5H2,1-3H3. The highest BCUT2D eigenvalue weighted by molar-refractivity contribution is 5.35. The maximum Gasteiger partial charge on any atom is -0.0100 e. The van der Waals surface area contributed by atoms with Gasteiger partial charge < -0.3 is 0 Å². The van der Waals surface area contributed by atoms with Crippen LogP contribution in [0.4, 0.5) is 0 Å². The Balaban J connectivity index is 2.41. The summed E-state index contributed by atoms with van der Waals surface area (Å²) in [5.41, 5.74) is 3.42. The van der Waals surface area contributed by atoms with Crippen LogP contribution in [0.3, 0.4) is 0 Å². The van der Waals surface area contributed by atoms with Crippen LogP contribution in [0.1, 0.15) is 33.6 Å². The minimum Gasteiger partial charge on any atom is -0.0666 e. The summed E-state index contributed by atoms with van der Waals surface area (Å²) in [5.74, 6) is 0.824. The van der Waals surface area contributed by atoms with Gasteiger partial charge in [-0.05, 0) is 18.8 Å². The minimum atomic E-state index is 0.824. The molecule has 0 atom stereocenters. The van der Waals surface area contributed by atoms with Gasteiger partial charge in [-0.15, -0.1) is 0 Å². The lowest BCUT2D eigenvalue weighted by Gasteiger charge is -1.90. The van der Waals surface area contributed by atoms with E-state index in [-0.39, 0.29) is 0 Å². The molecular formula is C8H14. The molecule has 0 aromatic heterocycles. The van der Waals surface area contributed by atoms with Crippen molar-refractivity contribution >= 4 is 0 Å². The Morgan fingerprint density at radius 3 is 2.25 bits per heavy atom. The van der Waals surface area contributed by atoms with Gasteiger partial charge in [0.1, 0.15) is 0 Å². The van der Waals surface area contributed by atoms with Crippen molar-refractivity contribution in [1.29, 1.82) is 0 Å². The molecule has 0 bridgehead atoms. The van der Waals surface area contributed by atoms with E-state index in [1.165, 1.54) is 12.8 Å². The van der Waals surface area contributed by atoms with Gasteiger partial charge in [-0.3, -0.25) is 0 Å². The van der Waals surface area contributed by atoms with Crippen molar-refractivity contribution in [2.45, 2.75) is 33.6 Å². The number of allylic oxidation sites excluding steroid dienone is 2. The maximum absolute atomic E-state index is 2.28. The van der Waals surface area contributed by atoms with E-state index in [0.29, 0.717) is 0 Å². The van der Waals surface area contributed by atoms with Crippen LogP contribution in [0.15, 0.2) is 11.1 Å². The van der Waals surface area contributed by atoms with Gasteiger partial charge >= 0.3 is 0 Å². The highest BCUT2D eigenvalue weighted by Gasteiger charge is 2.20. The molecule has 1 aliphatic carbocycles. The van der Waals surface area contributed by atoms with Crippen molar-refractivity contribution in [3.63, 3.8) is 0 Å². The van der Waals surface area contributed by atoms with Gasteiger partial charge in [-0.2, -0.15) is 0 Å². The zero-order valence-electron chi connectivity index (χ0n) is 5.99. The molecule has 46 valence electrons. The fraction of sp³-hybridized carbons (Fsp3) is 0.750. The van der Waals surface area contributed by atoms with Crippen LogP contribution in [-0.2, 0) is 0 Å². The molecule has 0 aliphatic heterocycles. The molecule has 0 fully saturated rings. The van der Waals surface area contributed by atoms with E-state index in [4.69, 9.17) is 0 Å². The molecule has 0 unspecified atom stereocenters. The molecule has 0 aromatic carbocycles. The van der Waals surface area contributed by atoms with Crippen molar-refractivity contribution < 1.29 is 0 Å². The quantitative estimate of drug-likeness (QED) is 0.479. The van der Waals surface area contributed by atoms with Crippen LogP contribution >= 0.6 is 0 Å². The lowest BCUT2D eigenvalue weighted by atomic mass is 10.2. The molecule has 1 rings (SSSR count). The zero-order chi connectivity index (χ0) is 6.15. The van der Waals surface area contributed by atoms with Gasteiger partial charge in [0.15, 0.2) is 0 Å². The molecule has 0 nitrogen and oxygen atoms in total. The highest BCUT2D eigenvalue weighted by atomic mass is 14.3. The van der Waals surface area contributed by atoms with Crippen molar-refractivity contribution in [3.8, 4) is 0 Å². The summed E-state index contributed by atoms with van der Waals surface area (Å²) in [5, 5.41) is 0. The molecular weight excluding hydrogens is 96.1 g/mol. The van der Waals surface area contributed by atoms with E-state index in [0.717, 1.165) is 5.92 Å². The third-order valence-electron chi connectivity index (χ3n) is 1.86. The Labute approximate surface area is 51.6 Å². The van der Waals surface area contributed by atoms with Crippen LogP contribution in [0.25, 0.3) is 0 Å². The van der Waals surface area contributed by atoms with Gasteiger partial charge in [0.25, 0.3) is 0 Å². The van der Waals surface area contributed by atoms with Gasteiger partial charge in [0, 0.05) is 0 Å². The Kier molecular flexibility index (Phi) is 1.41. The first kappa shape index (κ1) is 5.87. The van der Waals surface area contributed by atoms with E-state index in [2.05, 4.69) is 20.8 Å². The summed E-state index contributed by atoms with van der Waals surface area (Å²) in [6.07, 6.45) is 2.63. The van der Waals surface area contributed by atoms with Crippen molar-refractivity contribution in [2.75, 3.05) is 0 Å². The van der Waals surface area contributed by atoms with Crippen LogP contribution in [0.2, 0.25) is 0 Å². The first-order chi connectivity index (χ1) is 3.75. The second-order valence-electron chi connectivity index (χ2n) is 2.81. The normalized spacial score (nSPS) is 18.0. The average molecular weight is 110 g/mol. The van der Waals surface area contributed by atoms with E-state index < -0.39 is 0 Å². The SMILES string of the molecule is CCC1=C(C(C)C)C1. The molecule has 0 spiro atoms. The molecule has 0 aromatic rings. The summed E-state index contributed by atoms with van der Waals surface area (Å²) in [6.45, 7) is 6.79. The smallest absolute Gasteiger partial charge is 0.0100 e. The predicted molar refractivity (Wildman–Crippen MR) is 36.8 cm³/mol. The lowest BCUT2D eigenvalue weighted by molar-refractivity contribution is 0.794.